The molecule has 0 saturated carbocycles. The molecule has 3 atom stereocenters. The van der Waals surface area contributed by atoms with Crippen molar-refractivity contribution in [1.82, 2.24) is 10.2 Å². The predicted octanol–water partition coefficient (Wildman–Crippen LogP) is 2.36. The number of aryl methyl sites for hydroxylation is 1. The van der Waals surface area contributed by atoms with Gasteiger partial charge in [0.05, 0.1) is 6.04 Å². The Bertz CT molecular complexity index is 499. The van der Waals surface area contributed by atoms with Crippen LogP contribution in [-0.2, 0) is 4.79 Å². The third-order valence-electron chi connectivity index (χ3n) is 4.50. The molecule has 0 radical (unpaired) electrons. The summed E-state index contributed by atoms with van der Waals surface area (Å²) in [5.74, 6) is 2.60. The zero-order valence-corrected chi connectivity index (χ0v) is 13.0. The Labute approximate surface area is 125 Å². The van der Waals surface area contributed by atoms with Crippen molar-refractivity contribution >= 4 is 17.7 Å². The number of nitrogens with zero attached hydrogens (tertiary/aromatic N) is 1. The molecular formula is C16H22N2OS. The van der Waals surface area contributed by atoms with Crippen molar-refractivity contribution in [2.75, 3.05) is 18.2 Å². The Hall–Kier alpha value is -1.000. The first kappa shape index (κ1) is 14.0. The minimum Gasteiger partial charge on any atom is -0.338 e. The lowest BCUT2D eigenvalue weighted by Gasteiger charge is -2.24. The summed E-state index contributed by atoms with van der Waals surface area (Å²) in [6.07, 6.45) is 1.08. The fourth-order valence-electron chi connectivity index (χ4n) is 3.36. The summed E-state index contributed by atoms with van der Waals surface area (Å²) in [6, 6.07) is 8.94. The van der Waals surface area contributed by atoms with Gasteiger partial charge in [0, 0.05) is 30.1 Å². The van der Waals surface area contributed by atoms with Crippen molar-refractivity contribution in [1.29, 1.82) is 0 Å². The highest BCUT2D eigenvalue weighted by molar-refractivity contribution is 7.99. The average molecular weight is 290 g/mol. The van der Waals surface area contributed by atoms with Crippen LogP contribution in [-0.4, -0.2) is 41.1 Å². The molecule has 3 nitrogen and oxygen atoms in total. The molecule has 1 aromatic carbocycles. The van der Waals surface area contributed by atoms with Gasteiger partial charge in [-0.25, -0.2) is 0 Å². The first-order valence-corrected chi connectivity index (χ1v) is 8.49. The van der Waals surface area contributed by atoms with Crippen LogP contribution in [0.4, 0.5) is 0 Å². The number of likely N-dealkylation sites (tertiary alicyclic amines) is 1. The molecule has 3 unspecified atom stereocenters. The van der Waals surface area contributed by atoms with E-state index in [-0.39, 0.29) is 6.04 Å². The molecule has 2 aliphatic heterocycles. The van der Waals surface area contributed by atoms with Gasteiger partial charge < -0.3 is 4.90 Å². The second kappa shape index (κ2) is 5.78. The SMILES string of the molecule is Cc1ccccc1C1CC(C)N(C(=O)C2CSCN2)C1. The van der Waals surface area contributed by atoms with Crippen molar-refractivity contribution in [3.8, 4) is 0 Å². The fraction of sp³-hybridized carbons (Fsp3) is 0.562. The fourth-order valence-corrected chi connectivity index (χ4v) is 4.30. The molecule has 2 aliphatic rings. The second-order valence-electron chi connectivity index (χ2n) is 5.90. The van der Waals surface area contributed by atoms with E-state index < -0.39 is 0 Å². The van der Waals surface area contributed by atoms with Gasteiger partial charge in [0.2, 0.25) is 5.91 Å². The van der Waals surface area contributed by atoms with E-state index in [9.17, 15) is 4.79 Å². The third-order valence-corrected chi connectivity index (χ3v) is 5.44. The highest BCUT2D eigenvalue weighted by Gasteiger charge is 2.37. The molecule has 0 aliphatic carbocycles. The van der Waals surface area contributed by atoms with Crippen LogP contribution in [0.2, 0.25) is 0 Å². The Balaban J connectivity index is 1.73. The summed E-state index contributed by atoms with van der Waals surface area (Å²) in [7, 11) is 0. The van der Waals surface area contributed by atoms with Crippen molar-refractivity contribution in [2.45, 2.75) is 38.3 Å². The van der Waals surface area contributed by atoms with Crippen molar-refractivity contribution in [2.24, 2.45) is 0 Å². The molecule has 4 heteroatoms. The number of benzene rings is 1. The smallest absolute Gasteiger partial charge is 0.240 e. The van der Waals surface area contributed by atoms with Crippen molar-refractivity contribution in [3.63, 3.8) is 0 Å². The zero-order valence-electron chi connectivity index (χ0n) is 12.1. The van der Waals surface area contributed by atoms with Crippen LogP contribution >= 0.6 is 11.8 Å². The average Bonchev–Trinajstić information content (AvgIpc) is 3.08. The predicted molar refractivity (Wildman–Crippen MR) is 84.0 cm³/mol. The van der Waals surface area contributed by atoms with Crippen LogP contribution in [0.5, 0.6) is 0 Å². The number of carbonyl (C=O) groups is 1. The van der Waals surface area contributed by atoms with E-state index >= 15 is 0 Å². The van der Waals surface area contributed by atoms with E-state index in [1.807, 2.05) is 11.8 Å². The van der Waals surface area contributed by atoms with E-state index in [0.717, 1.165) is 24.6 Å². The first-order chi connectivity index (χ1) is 9.66. The van der Waals surface area contributed by atoms with Gasteiger partial charge in [-0.15, -0.1) is 11.8 Å². The van der Waals surface area contributed by atoms with E-state index in [1.165, 1.54) is 11.1 Å². The zero-order chi connectivity index (χ0) is 14.1. The molecule has 1 N–H and O–H groups in total. The van der Waals surface area contributed by atoms with Gasteiger partial charge in [0.15, 0.2) is 0 Å². The monoisotopic (exact) mass is 290 g/mol. The highest BCUT2D eigenvalue weighted by atomic mass is 32.2. The minimum atomic E-state index is 0.0260. The maximum Gasteiger partial charge on any atom is 0.240 e. The lowest BCUT2D eigenvalue weighted by Crippen LogP contribution is -2.46. The van der Waals surface area contributed by atoms with E-state index in [4.69, 9.17) is 0 Å². The summed E-state index contributed by atoms with van der Waals surface area (Å²) in [5, 5.41) is 3.29. The normalized spacial score (nSPS) is 29.9. The lowest BCUT2D eigenvalue weighted by molar-refractivity contribution is -0.133. The van der Waals surface area contributed by atoms with Crippen LogP contribution in [0.25, 0.3) is 0 Å². The van der Waals surface area contributed by atoms with Crippen LogP contribution < -0.4 is 5.32 Å². The molecule has 3 rings (SSSR count). The van der Waals surface area contributed by atoms with E-state index in [0.29, 0.717) is 17.9 Å². The van der Waals surface area contributed by atoms with E-state index in [2.05, 4.69) is 48.3 Å². The standard InChI is InChI=1S/C16H22N2OS/c1-11-5-3-4-6-14(11)13-7-12(2)18(8-13)16(19)15-9-20-10-17-15/h3-6,12-13,15,17H,7-10H2,1-2H3. The largest absolute Gasteiger partial charge is 0.338 e. The van der Waals surface area contributed by atoms with Crippen molar-refractivity contribution in [3.05, 3.63) is 35.4 Å². The molecule has 1 amide bonds. The summed E-state index contributed by atoms with van der Waals surface area (Å²) in [6.45, 7) is 5.21. The molecule has 0 spiro atoms. The summed E-state index contributed by atoms with van der Waals surface area (Å²) >= 11 is 1.81. The van der Waals surface area contributed by atoms with Crippen LogP contribution in [0.3, 0.4) is 0 Å². The summed E-state index contributed by atoms with van der Waals surface area (Å²) < 4.78 is 0. The molecule has 2 saturated heterocycles. The van der Waals surface area contributed by atoms with Gasteiger partial charge in [-0.3, -0.25) is 10.1 Å². The lowest BCUT2D eigenvalue weighted by atomic mass is 9.93. The topological polar surface area (TPSA) is 32.3 Å². The third kappa shape index (κ3) is 2.59. The van der Waals surface area contributed by atoms with E-state index in [1.54, 1.807) is 0 Å². The number of hydrogen-bond donors (Lipinski definition) is 1. The number of carbonyl (C=O) groups excluding carboxylic acids is 1. The van der Waals surface area contributed by atoms with Gasteiger partial charge in [-0.2, -0.15) is 0 Å². The molecule has 0 aromatic heterocycles. The molecule has 20 heavy (non-hydrogen) atoms. The molecule has 0 bridgehead atoms. The molecular weight excluding hydrogens is 268 g/mol. The maximum atomic E-state index is 12.6. The number of amides is 1. The molecule has 2 fully saturated rings. The molecule has 108 valence electrons. The number of rotatable bonds is 2. The highest BCUT2D eigenvalue weighted by Crippen LogP contribution is 2.33. The quantitative estimate of drug-likeness (QED) is 0.907. The van der Waals surface area contributed by atoms with Gasteiger partial charge in [0.25, 0.3) is 0 Å². The van der Waals surface area contributed by atoms with Crippen LogP contribution in [0.15, 0.2) is 24.3 Å². The van der Waals surface area contributed by atoms with Gasteiger partial charge in [-0.1, -0.05) is 24.3 Å². The Morgan fingerprint density at radius 2 is 2.20 bits per heavy atom. The number of nitrogens with one attached hydrogen (secondary N) is 1. The summed E-state index contributed by atoms with van der Waals surface area (Å²) in [4.78, 5) is 14.7. The molecule has 1 aromatic rings. The second-order valence-corrected chi connectivity index (χ2v) is 6.93. The van der Waals surface area contributed by atoms with Crippen LogP contribution in [0, 0.1) is 6.92 Å². The number of hydrogen-bond acceptors (Lipinski definition) is 3. The number of thioether (sulfide) groups is 1. The minimum absolute atomic E-state index is 0.0260. The van der Waals surface area contributed by atoms with Gasteiger partial charge in [0.1, 0.15) is 0 Å². The van der Waals surface area contributed by atoms with Crippen molar-refractivity contribution < 1.29 is 4.79 Å². The Kier molecular flexibility index (Phi) is 4.03. The van der Waals surface area contributed by atoms with Crippen LogP contribution in [0.1, 0.15) is 30.4 Å². The first-order valence-electron chi connectivity index (χ1n) is 7.34. The summed E-state index contributed by atoms with van der Waals surface area (Å²) in [5.41, 5.74) is 2.75. The Morgan fingerprint density at radius 3 is 2.90 bits per heavy atom. The van der Waals surface area contributed by atoms with Gasteiger partial charge in [-0.05, 0) is 31.4 Å². The van der Waals surface area contributed by atoms with Gasteiger partial charge >= 0.3 is 0 Å². The maximum absolute atomic E-state index is 12.6. The Morgan fingerprint density at radius 1 is 1.40 bits per heavy atom. The molecule has 2 heterocycles.